The van der Waals surface area contributed by atoms with Gasteiger partial charge in [-0.15, -0.1) is 11.6 Å². The topological polar surface area (TPSA) is 80.4 Å². The van der Waals surface area contributed by atoms with Gasteiger partial charge in [0, 0.05) is 6.42 Å². The molecule has 0 amide bonds. The van der Waals surface area contributed by atoms with E-state index in [1.54, 1.807) is 6.92 Å². The summed E-state index contributed by atoms with van der Waals surface area (Å²) >= 11 is 5.24. The molecule has 0 saturated heterocycles. The van der Waals surface area contributed by atoms with Gasteiger partial charge >= 0.3 is 5.97 Å². The maximum Gasteiger partial charge on any atom is 0.320 e. The van der Waals surface area contributed by atoms with E-state index in [-0.39, 0.29) is 24.0 Å². The van der Waals surface area contributed by atoms with Crippen molar-refractivity contribution >= 4 is 23.4 Å². The van der Waals surface area contributed by atoms with Gasteiger partial charge < -0.3 is 10.8 Å². The van der Waals surface area contributed by atoms with Crippen LogP contribution in [-0.4, -0.2) is 28.8 Å². The van der Waals surface area contributed by atoms with Crippen LogP contribution in [0.25, 0.3) is 0 Å². The van der Waals surface area contributed by atoms with Crippen molar-refractivity contribution in [3.8, 4) is 0 Å². The third-order valence-corrected chi connectivity index (χ3v) is 1.89. The van der Waals surface area contributed by atoms with E-state index in [0.717, 1.165) is 0 Å². The predicted octanol–water partition coefficient (Wildman–Crippen LogP) is 0.232. The standard InChI is InChI=1S/C7H12ClNO3/c1-4(2-5(10)3-8)6(9)7(11)12/h4,6H,2-3,9H2,1H3,(H,11,12)/t4?,6-/m1/s1. The Hall–Kier alpha value is -0.610. The van der Waals surface area contributed by atoms with E-state index in [2.05, 4.69) is 0 Å². The first-order chi connectivity index (χ1) is 5.49. The van der Waals surface area contributed by atoms with Crippen LogP contribution in [0.15, 0.2) is 0 Å². The minimum Gasteiger partial charge on any atom is -0.480 e. The molecular formula is C7H12ClNO3. The number of Topliss-reactive ketones (excluding diaryl/α,β-unsaturated/α-hetero) is 1. The molecular weight excluding hydrogens is 182 g/mol. The number of hydrogen-bond acceptors (Lipinski definition) is 3. The predicted molar refractivity (Wildman–Crippen MR) is 45.1 cm³/mol. The molecule has 4 nitrogen and oxygen atoms in total. The second-order valence-electron chi connectivity index (χ2n) is 2.72. The molecule has 3 N–H and O–H groups in total. The number of carboxylic acid groups (broad SMARTS) is 1. The normalized spacial score (nSPS) is 15.2. The van der Waals surface area contributed by atoms with Crippen LogP contribution < -0.4 is 5.73 Å². The monoisotopic (exact) mass is 193 g/mol. The highest BCUT2D eigenvalue weighted by atomic mass is 35.5. The molecule has 0 fully saturated rings. The molecule has 2 atom stereocenters. The van der Waals surface area contributed by atoms with Crippen molar-refractivity contribution in [2.24, 2.45) is 11.7 Å². The molecule has 0 saturated carbocycles. The van der Waals surface area contributed by atoms with Crippen LogP contribution in [0.1, 0.15) is 13.3 Å². The van der Waals surface area contributed by atoms with E-state index >= 15 is 0 Å². The summed E-state index contributed by atoms with van der Waals surface area (Å²) in [7, 11) is 0. The fourth-order valence-corrected chi connectivity index (χ4v) is 0.893. The van der Waals surface area contributed by atoms with Crippen molar-refractivity contribution in [1.82, 2.24) is 0 Å². The molecule has 0 aromatic carbocycles. The molecule has 0 aromatic heterocycles. The fraction of sp³-hybridized carbons (Fsp3) is 0.714. The molecule has 0 bridgehead atoms. The Kier molecular flexibility index (Phi) is 4.85. The first kappa shape index (κ1) is 11.4. The first-order valence-electron chi connectivity index (χ1n) is 3.55. The number of carboxylic acids is 1. The van der Waals surface area contributed by atoms with E-state index in [1.165, 1.54) is 0 Å². The van der Waals surface area contributed by atoms with Gasteiger partial charge in [-0.3, -0.25) is 9.59 Å². The summed E-state index contributed by atoms with van der Waals surface area (Å²) in [6, 6.07) is -0.989. The Balaban J connectivity index is 3.94. The number of nitrogens with two attached hydrogens (primary N) is 1. The van der Waals surface area contributed by atoms with E-state index < -0.39 is 12.0 Å². The van der Waals surface area contributed by atoms with Crippen LogP contribution in [0.3, 0.4) is 0 Å². The van der Waals surface area contributed by atoms with Crippen molar-refractivity contribution in [1.29, 1.82) is 0 Å². The summed E-state index contributed by atoms with van der Waals surface area (Å²) < 4.78 is 0. The van der Waals surface area contributed by atoms with Gasteiger partial charge in [0.25, 0.3) is 0 Å². The highest BCUT2D eigenvalue weighted by molar-refractivity contribution is 6.27. The number of carbonyl (C=O) groups excluding carboxylic acids is 1. The highest BCUT2D eigenvalue weighted by Gasteiger charge is 2.21. The molecule has 0 spiro atoms. The molecule has 70 valence electrons. The molecule has 0 radical (unpaired) electrons. The Morgan fingerprint density at radius 2 is 2.08 bits per heavy atom. The van der Waals surface area contributed by atoms with Crippen LogP contribution in [0, 0.1) is 5.92 Å². The molecule has 12 heavy (non-hydrogen) atoms. The Labute approximate surface area is 75.7 Å². The van der Waals surface area contributed by atoms with Crippen molar-refractivity contribution in [2.75, 3.05) is 5.88 Å². The lowest BCUT2D eigenvalue weighted by atomic mass is 9.97. The van der Waals surface area contributed by atoms with Gasteiger partial charge in [0.1, 0.15) is 11.8 Å². The number of aliphatic carboxylic acids is 1. The van der Waals surface area contributed by atoms with Crippen molar-refractivity contribution in [2.45, 2.75) is 19.4 Å². The average Bonchev–Trinajstić information content (AvgIpc) is 2.02. The summed E-state index contributed by atoms with van der Waals surface area (Å²) in [5, 5.41) is 8.47. The third-order valence-electron chi connectivity index (χ3n) is 1.60. The SMILES string of the molecule is CC(CC(=O)CCl)[C@@H](N)C(=O)O. The molecule has 0 aromatic rings. The lowest BCUT2D eigenvalue weighted by Crippen LogP contribution is -2.37. The number of hydrogen-bond donors (Lipinski definition) is 2. The smallest absolute Gasteiger partial charge is 0.320 e. The fourth-order valence-electron chi connectivity index (χ4n) is 0.784. The molecule has 0 rings (SSSR count). The maximum atomic E-state index is 10.8. The maximum absolute atomic E-state index is 10.8. The molecule has 0 heterocycles. The average molecular weight is 194 g/mol. The minimum absolute atomic E-state index is 0.0866. The van der Waals surface area contributed by atoms with Crippen molar-refractivity contribution in [3.05, 3.63) is 0 Å². The van der Waals surface area contributed by atoms with E-state index in [4.69, 9.17) is 22.4 Å². The van der Waals surface area contributed by atoms with Gasteiger partial charge in [0.2, 0.25) is 0 Å². The Bertz CT molecular complexity index is 183. The lowest BCUT2D eigenvalue weighted by Gasteiger charge is -2.13. The second kappa shape index (κ2) is 5.11. The molecule has 0 aliphatic heterocycles. The van der Waals surface area contributed by atoms with Gasteiger partial charge in [-0.25, -0.2) is 0 Å². The van der Waals surface area contributed by atoms with Gasteiger partial charge in [-0.1, -0.05) is 6.92 Å². The molecule has 1 unspecified atom stereocenters. The zero-order chi connectivity index (χ0) is 9.72. The molecule has 0 aliphatic rings. The van der Waals surface area contributed by atoms with Gasteiger partial charge in [-0.05, 0) is 5.92 Å². The molecule has 5 heteroatoms. The van der Waals surface area contributed by atoms with Gasteiger partial charge in [0.05, 0.1) is 5.88 Å². The quantitative estimate of drug-likeness (QED) is 0.613. The minimum atomic E-state index is -1.09. The number of alkyl halides is 1. The van der Waals surface area contributed by atoms with Crippen LogP contribution >= 0.6 is 11.6 Å². The Morgan fingerprint density at radius 3 is 2.42 bits per heavy atom. The summed E-state index contributed by atoms with van der Waals surface area (Å²) in [5.74, 6) is -1.73. The number of halogens is 1. The molecule has 0 aliphatic carbocycles. The van der Waals surface area contributed by atoms with Crippen LogP contribution in [0.4, 0.5) is 0 Å². The third kappa shape index (κ3) is 3.69. The summed E-state index contributed by atoms with van der Waals surface area (Å²) in [6.07, 6.45) is 0.122. The summed E-state index contributed by atoms with van der Waals surface area (Å²) in [4.78, 5) is 21.1. The van der Waals surface area contributed by atoms with Crippen LogP contribution in [0.2, 0.25) is 0 Å². The number of rotatable bonds is 5. The largest absolute Gasteiger partial charge is 0.480 e. The highest BCUT2D eigenvalue weighted by Crippen LogP contribution is 2.07. The summed E-state index contributed by atoms with van der Waals surface area (Å²) in [6.45, 7) is 1.61. The van der Waals surface area contributed by atoms with Crippen molar-refractivity contribution in [3.63, 3.8) is 0 Å². The van der Waals surface area contributed by atoms with Gasteiger partial charge in [-0.2, -0.15) is 0 Å². The van der Waals surface area contributed by atoms with Crippen LogP contribution in [0.5, 0.6) is 0 Å². The zero-order valence-electron chi connectivity index (χ0n) is 6.79. The van der Waals surface area contributed by atoms with Gasteiger partial charge in [0.15, 0.2) is 0 Å². The zero-order valence-corrected chi connectivity index (χ0v) is 7.54. The number of ketones is 1. The van der Waals surface area contributed by atoms with Crippen molar-refractivity contribution < 1.29 is 14.7 Å². The number of carbonyl (C=O) groups is 2. The van der Waals surface area contributed by atoms with E-state index in [0.29, 0.717) is 0 Å². The van der Waals surface area contributed by atoms with E-state index in [1.807, 2.05) is 0 Å². The van der Waals surface area contributed by atoms with E-state index in [9.17, 15) is 9.59 Å². The second-order valence-corrected chi connectivity index (χ2v) is 2.98. The van der Waals surface area contributed by atoms with Crippen LogP contribution in [-0.2, 0) is 9.59 Å². The Morgan fingerprint density at radius 1 is 1.58 bits per heavy atom. The summed E-state index contributed by atoms with van der Waals surface area (Å²) in [5.41, 5.74) is 5.27. The lowest BCUT2D eigenvalue weighted by molar-refractivity contribution is -0.139. The first-order valence-corrected chi connectivity index (χ1v) is 4.08.